The first-order valence-electron chi connectivity index (χ1n) is 9.87. The fourth-order valence-corrected chi connectivity index (χ4v) is 3.40. The average Bonchev–Trinajstić information content (AvgIpc) is 2.73. The van der Waals surface area contributed by atoms with Gasteiger partial charge in [-0.2, -0.15) is 0 Å². The van der Waals surface area contributed by atoms with Crippen LogP contribution in [-0.4, -0.2) is 61.4 Å². The van der Waals surface area contributed by atoms with E-state index in [0.717, 1.165) is 31.7 Å². The van der Waals surface area contributed by atoms with Crippen molar-refractivity contribution in [1.82, 2.24) is 15.1 Å². The average molecular weight is 416 g/mol. The zero-order chi connectivity index (χ0) is 21.7. The Kier molecular flexibility index (Phi) is 7.12. The van der Waals surface area contributed by atoms with Crippen molar-refractivity contribution in [2.24, 2.45) is 0 Å². The van der Waals surface area contributed by atoms with Crippen LogP contribution >= 0.6 is 0 Å². The Hall–Kier alpha value is -2.84. The highest BCUT2D eigenvalue weighted by Gasteiger charge is 2.25. The summed E-state index contributed by atoms with van der Waals surface area (Å²) in [5, 5.41) is 5.06. The van der Waals surface area contributed by atoms with Gasteiger partial charge in [0.2, 0.25) is 0 Å². The van der Waals surface area contributed by atoms with Crippen LogP contribution in [0.2, 0.25) is 0 Å². The number of piperazine rings is 1. The molecular formula is C22H26F2N4O2. The summed E-state index contributed by atoms with van der Waals surface area (Å²) < 4.78 is 27.0. The Balaban J connectivity index is 1.65. The molecule has 1 fully saturated rings. The Morgan fingerprint density at radius 2 is 1.67 bits per heavy atom. The van der Waals surface area contributed by atoms with E-state index < -0.39 is 17.6 Å². The first kappa shape index (κ1) is 21.9. The van der Waals surface area contributed by atoms with Crippen molar-refractivity contribution < 1.29 is 18.4 Å². The molecule has 0 aromatic heterocycles. The molecule has 2 aromatic rings. The summed E-state index contributed by atoms with van der Waals surface area (Å²) in [7, 11) is 2.05. The molecule has 6 nitrogen and oxygen atoms in total. The monoisotopic (exact) mass is 416 g/mol. The minimum atomic E-state index is -0.866. The van der Waals surface area contributed by atoms with Crippen LogP contribution in [0.4, 0.5) is 14.5 Å². The van der Waals surface area contributed by atoms with Gasteiger partial charge in [0.05, 0.1) is 6.04 Å². The molecule has 0 bridgehead atoms. The molecule has 1 atom stereocenters. The van der Waals surface area contributed by atoms with Crippen molar-refractivity contribution in [3.05, 3.63) is 65.2 Å². The summed E-state index contributed by atoms with van der Waals surface area (Å²) in [6.07, 6.45) is 0. The molecule has 1 saturated heterocycles. The number of hydrogen-bond acceptors (Lipinski definition) is 4. The van der Waals surface area contributed by atoms with E-state index in [4.69, 9.17) is 0 Å². The number of hydrogen-bond donors (Lipinski definition) is 2. The molecule has 0 saturated carbocycles. The molecule has 1 heterocycles. The number of amides is 2. The third-order valence-corrected chi connectivity index (χ3v) is 5.33. The second kappa shape index (κ2) is 9.77. The Morgan fingerprint density at radius 1 is 1.00 bits per heavy atom. The predicted octanol–water partition coefficient (Wildman–Crippen LogP) is 2.32. The summed E-state index contributed by atoms with van der Waals surface area (Å²) >= 11 is 0. The normalized spacial score (nSPS) is 16.1. The van der Waals surface area contributed by atoms with E-state index in [1.807, 2.05) is 7.05 Å². The third-order valence-electron chi connectivity index (χ3n) is 5.33. The molecule has 2 aromatic carbocycles. The zero-order valence-corrected chi connectivity index (χ0v) is 17.1. The number of anilines is 1. The van der Waals surface area contributed by atoms with Crippen molar-refractivity contribution in [3.63, 3.8) is 0 Å². The van der Waals surface area contributed by atoms with Crippen LogP contribution in [0.15, 0.2) is 42.5 Å². The molecule has 0 spiro atoms. The minimum Gasteiger partial charge on any atom is -0.346 e. The number of halogens is 2. The van der Waals surface area contributed by atoms with Crippen LogP contribution in [0.25, 0.3) is 0 Å². The van der Waals surface area contributed by atoms with Crippen molar-refractivity contribution >= 4 is 17.5 Å². The number of nitrogens with zero attached hydrogens (tertiary/aromatic N) is 2. The fraction of sp³-hybridized carbons (Fsp3) is 0.364. The second-order valence-corrected chi connectivity index (χ2v) is 7.53. The van der Waals surface area contributed by atoms with Gasteiger partial charge in [-0.25, -0.2) is 8.78 Å². The number of rotatable bonds is 5. The van der Waals surface area contributed by atoms with E-state index in [1.54, 1.807) is 19.1 Å². The van der Waals surface area contributed by atoms with Gasteiger partial charge in [-0.05, 0) is 49.4 Å². The highest BCUT2D eigenvalue weighted by atomic mass is 19.1. The first-order valence-corrected chi connectivity index (χ1v) is 9.87. The lowest BCUT2D eigenvalue weighted by Crippen LogP contribution is -2.49. The Morgan fingerprint density at radius 3 is 2.30 bits per heavy atom. The van der Waals surface area contributed by atoms with Crippen molar-refractivity contribution in [2.75, 3.05) is 45.1 Å². The van der Waals surface area contributed by atoms with Gasteiger partial charge in [-0.3, -0.25) is 14.5 Å². The number of nitrogens with one attached hydrogen (secondary N) is 2. The third kappa shape index (κ3) is 5.61. The van der Waals surface area contributed by atoms with Gasteiger partial charge in [0.1, 0.15) is 11.6 Å². The van der Waals surface area contributed by atoms with Crippen LogP contribution in [-0.2, 0) is 9.59 Å². The summed E-state index contributed by atoms with van der Waals surface area (Å²) in [5.41, 5.74) is 1.53. The van der Waals surface area contributed by atoms with Gasteiger partial charge < -0.3 is 15.5 Å². The van der Waals surface area contributed by atoms with Gasteiger partial charge in [-0.15, -0.1) is 0 Å². The van der Waals surface area contributed by atoms with Crippen LogP contribution in [0, 0.1) is 18.6 Å². The number of likely N-dealkylation sites (N-methyl/N-ethyl adjacent to an activating group) is 1. The van der Waals surface area contributed by atoms with E-state index in [1.165, 1.54) is 30.3 Å². The lowest BCUT2D eigenvalue weighted by molar-refractivity contribution is -0.136. The number of carbonyl (C=O) groups excluding carboxylic acids is 2. The predicted molar refractivity (Wildman–Crippen MR) is 111 cm³/mol. The molecule has 2 N–H and O–H groups in total. The van der Waals surface area contributed by atoms with Crippen LogP contribution in [0.3, 0.4) is 0 Å². The molecule has 0 radical (unpaired) electrons. The largest absolute Gasteiger partial charge is 0.346 e. The van der Waals surface area contributed by atoms with Gasteiger partial charge in [0.15, 0.2) is 0 Å². The van der Waals surface area contributed by atoms with E-state index in [0.29, 0.717) is 5.56 Å². The topological polar surface area (TPSA) is 64.7 Å². The Bertz CT molecular complexity index is 897. The molecule has 1 aliphatic rings. The SMILES string of the molecule is Cc1ccc(NC(=O)C(=O)NCC(c2ccc(F)cc2)N2CCN(C)CC2)cc1F. The minimum absolute atomic E-state index is 0.187. The number of carbonyl (C=O) groups is 2. The van der Waals surface area contributed by atoms with Gasteiger partial charge in [0, 0.05) is 38.4 Å². The smallest absolute Gasteiger partial charge is 0.313 e. The maximum Gasteiger partial charge on any atom is 0.313 e. The van der Waals surface area contributed by atoms with E-state index in [-0.39, 0.29) is 24.1 Å². The quantitative estimate of drug-likeness (QED) is 0.735. The van der Waals surface area contributed by atoms with Gasteiger partial charge in [-0.1, -0.05) is 18.2 Å². The van der Waals surface area contributed by atoms with Crippen molar-refractivity contribution in [1.29, 1.82) is 0 Å². The molecule has 2 amide bonds. The zero-order valence-electron chi connectivity index (χ0n) is 17.1. The summed E-state index contributed by atoms with van der Waals surface area (Å²) in [6.45, 7) is 5.16. The van der Waals surface area contributed by atoms with Crippen LogP contribution in [0.1, 0.15) is 17.2 Å². The Labute approximate surface area is 174 Å². The number of aryl methyl sites for hydroxylation is 1. The van der Waals surface area contributed by atoms with Crippen molar-refractivity contribution in [2.45, 2.75) is 13.0 Å². The van der Waals surface area contributed by atoms with Gasteiger partial charge in [0.25, 0.3) is 0 Å². The molecule has 30 heavy (non-hydrogen) atoms. The van der Waals surface area contributed by atoms with E-state index >= 15 is 0 Å². The molecule has 0 aliphatic carbocycles. The molecule has 1 unspecified atom stereocenters. The summed E-state index contributed by atoms with van der Waals surface area (Å²) in [4.78, 5) is 28.9. The molecular weight excluding hydrogens is 390 g/mol. The first-order chi connectivity index (χ1) is 14.3. The number of benzene rings is 2. The standard InChI is InChI=1S/C22H26F2N4O2/c1-15-3-8-18(13-19(15)24)26-22(30)21(29)25-14-20(16-4-6-17(23)7-5-16)28-11-9-27(2)10-12-28/h3-8,13,20H,9-12,14H2,1-2H3,(H,25,29)(H,26,30). The second-order valence-electron chi connectivity index (χ2n) is 7.53. The maximum atomic E-state index is 13.6. The molecule has 3 rings (SSSR count). The lowest BCUT2D eigenvalue weighted by Gasteiger charge is -2.38. The van der Waals surface area contributed by atoms with Gasteiger partial charge >= 0.3 is 11.8 Å². The lowest BCUT2D eigenvalue weighted by atomic mass is 10.0. The van der Waals surface area contributed by atoms with Crippen molar-refractivity contribution in [3.8, 4) is 0 Å². The molecule has 160 valence electrons. The van der Waals surface area contributed by atoms with E-state index in [2.05, 4.69) is 20.4 Å². The highest BCUT2D eigenvalue weighted by molar-refractivity contribution is 6.39. The van der Waals surface area contributed by atoms with Crippen LogP contribution < -0.4 is 10.6 Å². The summed E-state index contributed by atoms with van der Waals surface area (Å²) in [5.74, 6) is -2.46. The fourth-order valence-electron chi connectivity index (χ4n) is 3.40. The molecule has 1 aliphatic heterocycles. The highest BCUT2D eigenvalue weighted by Crippen LogP contribution is 2.22. The maximum absolute atomic E-state index is 13.6. The van der Waals surface area contributed by atoms with Crippen LogP contribution in [0.5, 0.6) is 0 Å². The van der Waals surface area contributed by atoms with E-state index in [9.17, 15) is 18.4 Å². The summed E-state index contributed by atoms with van der Waals surface area (Å²) in [6, 6.07) is 10.2. The molecule has 8 heteroatoms.